The van der Waals surface area contributed by atoms with E-state index >= 15 is 0 Å². The van der Waals surface area contributed by atoms with E-state index in [4.69, 9.17) is 0 Å². The van der Waals surface area contributed by atoms with Gasteiger partial charge in [0.05, 0.1) is 19.6 Å². The van der Waals surface area contributed by atoms with Gasteiger partial charge in [0.1, 0.15) is 0 Å². The summed E-state index contributed by atoms with van der Waals surface area (Å²) in [6.07, 6.45) is 1.15. The van der Waals surface area contributed by atoms with Crippen molar-refractivity contribution in [3.05, 3.63) is 11.9 Å². The highest BCUT2D eigenvalue weighted by Gasteiger charge is 2.61. The molecule has 0 N–H and O–H groups in total. The minimum atomic E-state index is -0.987. The van der Waals surface area contributed by atoms with Crippen molar-refractivity contribution in [2.45, 2.75) is 20.8 Å². The Morgan fingerprint density at radius 1 is 1.41 bits per heavy atom. The molecule has 1 aliphatic carbocycles. The SMILES string of the molecule is CCOC(=O)C(F)=CC1C(C(=O)OC)C1(C)C. The van der Waals surface area contributed by atoms with Crippen LogP contribution >= 0.6 is 0 Å². The summed E-state index contributed by atoms with van der Waals surface area (Å²) in [5.41, 5.74) is -0.378. The smallest absolute Gasteiger partial charge is 0.366 e. The predicted octanol–water partition coefficient (Wildman–Crippen LogP) is 1.85. The average Bonchev–Trinajstić information content (AvgIpc) is 2.79. The molecule has 4 nitrogen and oxygen atoms in total. The second-order valence-electron chi connectivity index (χ2n) is 4.58. The van der Waals surface area contributed by atoms with Gasteiger partial charge in [0.15, 0.2) is 0 Å². The molecule has 0 saturated heterocycles. The lowest BCUT2D eigenvalue weighted by Crippen LogP contribution is -2.07. The number of methoxy groups -OCH3 is 1. The summed E-state index contributed by atoms with van der Waals surface area (Å²) in [5, 5.41) is 0. The molecule has 1 fully saturated rings. The largest absolute Gasteiger partial charge is 0.469 e. The number of ether oxygens (including phenoxy) is 2. The fourth-order valence-electron chi connectivity index (χ4n) is 1.99. The quantitative estimate of drug-likeness (QED) is 0.559. The van der Waals surface area contributed by atoms with Crippen LogP contribution in [0.3, 0.4) is 0 Å². The number of rotatable bonds is 4. The van der Waals surface area contributed by atoms with Crippen LogP contribution in [0.4, 0.5) is 4.39 Å². The average molecular weight is 244 g/mol. The summed E-state index contributed by atoms with van der Waals surface area (Å²) in [4.78, 5) is 22.5. The van der Waals surface area contributed by atoms with Crippen molar-refractivity contribution < 1.29 is 23.5 Å². The van der Waals surface area contributed by atoms with Crippen LogP contribution in [0.1, 0.15) is 20.8 Å². The number of hydrogen-bond donors (Lipinski definition) is 0. The monoisotopic (exact) mass is 244 g/mol. The first-order valence-electron chi connectivity index (χ1n) is 5.48. The summed E-state index contributed by atoms with van der Waals surface area (Å²) in [6, 6.07) is 0. The summed E-state index contributed by atoms with van der Waals surface area (Å²) < 4.78 is 22.5. The minimum absolute atomic E-state index is 0.120. The molecule has 1 saturated carbocycles. The van der Waals surface area contributed by atoms with Crippen LogP contribution < -0.4 is 0 Å². The first kappa shape index (κ1) is 13.7. The maximum Gasteiger partial charge on any atom is 0.366 e. The van der Waals surface area contributed by atoms with Crippen LogP contribution in [-0.4, -0.2) is 25.7 Å². The third-order valence-corrected chi connectivity index (χ3v) is 3.16. The standard InChI is InChI=1S/C12H17FO4/c1-5-17-10(14)8(13)6-7-9(11(15)16-4)12(7,2)3/h6-7,9H,5H2,1-4H3. The van der Waals surface area contributed by atoms with Crippen molar-refractivity contribution in [3.63, 3.8) is 0 Å². The topological polar surface area (TPSA) is 52.6 Å². The molecule has 17 heavy (non-hydrogen) atoms. The van der Waals surface area contributed by atoms with E-state index in [0.717, 1.165) is 6.08 Å². The van der Waals surface area contributed by atoms with Gasteiger partial charge in [-0.25, -0.2) is 4.79 Å². The van der Waals surface area contributed by atoms with Gasteiger partial charge in [-0.05, 0) is 24.3 Å². The van der Waals surface area contributed by atoms with Crippen LogP contribution in [0, 0.1) is 17.3 Å². The van der Waals surface area contributed by atoms with E-state index in [-0.39, 0.29) is 23.9 Å². The Morgan fingerprint density at radius 3 is 2.47 bits per heavy atom. The summed E-state index contributed by atoms with van der Waals surface area (Å²) in [5.74, 6) is -3.03. The molecule has 0 aromatic carbocycles. The van der Waals surface area contributed by atoms with Gasteiger partial charge in [-0.15, -0.1) is 0 Å². The highest BCUT2D eigenvalue weighted by molar-refractivity contribution is 5.86. The maximum absolute atomic E-state index is 13.4. The number of esters is 2. The molecule has 0 radical (unpaired) electrons. The third kappa shape index (κ3) is 2.65. The number of carbonyl (C=O) groups excluding carboxylic acids is 2. The van der Waals surface area contributed by atoms with Gasteiger partial charge in [0.25, 0.3) is 0 Å². The minimum Gasteiger partial charge on any atom is -0.469 e. The Hall–Kier alpha value is -1.39. The van der Waals surface area contributed by atoms with Crippen molar-refractivity contribution in [3.8, 4) is 0 Å². The molecule has 2 unspecified atom stereocenters. The van der Waals surface area contributed by atoms with Gasteiger partial charge in [-0.2, -0.15) is 4.39 Å². The van der Waals surface area contributed by atoms with Gasteiger partial charge in [0.2, 0.25) is 5.83 Å². The third-order valence-electron chi connectivity index (χ3n) is 3.16. The van der Waals surface area contributed by atoms with Crippen LogP contribution in [0.2, 0.25) is 0 Å². The van der Waals surface area contributed by atoms with Gasteiger partial charge in [-0.3, -0.25) is 4.79 Å². The number of halogens is 1. The van der Waals surface area contributed by atoms with Gasteiger partial charge in [-0.1, -0.05) is 13.8 Å². The summed E-state index contributed by atoms with van der Waals surface area (Å²) in [6.45, 7) is 5.38. The molecule has 0 spiro atoms. The Balaban J connectivity index is 2.73. The highest BCUT2D eigenvalue weighted by atomic mass is 19.1. The number of allylic oxidation sites excluding steroid dienone is 1. The normalized spacial score (nSPS) is 26.3. The molecule has 5 heteroatoms. The molecule has 1 aliphatic rings. The van der Waals surface area contributed by atoms with Crippen molar-refractivity contribution in [2.75, 3.05) is 13.7 Å². The van der Waals surface area contributed by atoms with Crippen molar-refractivity contribution in [1.29, 1.82) is 0 Å². The first-order valence-corrected chi connectivity index (χ1v) is 5.48. The van der Waals surface area contributed by atoms with Gasteiger partial charge in [0, 0.05) is 0 Å². The number of carbonyl (C=O) groups is 2. The molecule has 0 amide bonds. The lowest BCUT2D eigenvalue weighted by atomic mass is 10.1. The van der Waals surface area contributed by atoms with E-state index in [1.54, 1.807) is 6.92 Å². The van der Waals surface area contributed by atoms with Crippen LogP contribution in [0.5, 0.6) is 0 Å². The molecular weight excluding hydrogens is 227 g/mol. The maximum atomic E-state index is 13.4. The van der Waals surface area contributed by atoms with Crippen LogP contribution in [0.25, 0.3) is 0 Å². The van der Waals surface area contributed by atoms with Gasteiger partial charge < -0.3 is 9.47 Å². The van der Waals surface area contributed by atoms with Crippen molar-refractivity contribution >= 4 is 11.9 Å². The van der Waals surface area contributed by atoms with Crippen molar-refractivity contribution in [2.24, 2.45) is 17.3 Å². The molecule has 0 aromatic rings. The molecule has 1 rings (SSSR count). The molecule has 0 heterocycles. The lowest BCUT2D eigenvalue weighted by Gasteiger charge is -1.99. The Bertz CT molecular complexity index is 360. The highest BCUT2D eigenvalue weighted by Crippen LogP contribution is 2.59. The van der Waals surface area contributed by atoms with Crippen LogP contribution in [0.15, 0.2) is 11.9 Å². The molecule has 0 bridgehead atoms. The summed E-state index contributed by atoms with van der Waals surface area (Å²) in [7, 11) is 1.29. The van der Waals surface area contributed by atoms with E-state index in [2.05, 4.69) is 9.47 Å². The predicted molar refractivity (Wildman–Crippen MR) is 58.6 cm³/mol. The van der Waals surface area contributed by atoms with E-state index in [1.807, 2.05) is 13.8 Å². The van der Waals surface area contributed by atoms with E-state index in [1.165, 1.54) is 7.11 Å². The number of hydrogen-bond acceptors (Lipinski definition) is 4. The zero-order valence-electron chi connectivity index (χ0n) is 10.5. The Morgan fingerprint density at radius 2 is 2.00 bits per heavy atom. The summed E-state index contributed by atoms with van der Waals surface area (Å²) >= 11 is 0. The fourth-order valence-corrected chi connectivity index (χ4v) is 1.99. The van der Waals surface area contributed by atoms with E-state index < -0.39 is 17.7 Å². The zero-order valence-corrected chi connectivity index (χ0v) is 10.5. The Kier molecular flexibility index (Phi) is 3.91. The second kappa shape index (κ2) is 4.85. The molecule has 2 atom stereocenters. The molecule has 96 valence electrons. The Labute approximate surface area is 99.8 Å². The lowest BCUT2D eigenvalue weighted by molar-refractivity contribution is -0.143. The van der Waals surface area contributed by atoms with Crippen LogP contribution in [-0.2, 0) is 19.1 Å². The zero-order chi connectivity index (χ0) is 13.2. The first-order chi connectivity index (χ1) is 7.86. The van der Waals surface area contributed by atoms with Crippen molar-refractivity contribution in [1.82, 2.24) is 0 Å². The molecular formula is C12H17FO4. The molecule has 0 aliphatic heterocycles. The van der Waals surface area contributed by atoms with Gasteiger partial charge >= 0.3 is 11.9 Å². The molecule has 0 aromatic heterocycles. The fraction of sp³-hybridized carbons (Fsp3) is 0.667. The second-order valence-corrected chi connectivity index (χ2v) is 4.58. The van der Waals surface area contributed by atoms with E-state index in [9.17, 15) is 14.0 Å². The van der Waals surface area contributed by atoms with E-state index in [0.29, 0.717) is 0 Å².